The van der Waals surface area contributed by atoms with Crippen LogP contribution in [0.2, 0.25) is 0 Å². The molecule has 0 aromatic heterocycles. The van der Waals surface area contributed by atoms with Gasteiger partial charge in [-0.25, -0.2) is 0 Å². The second-order valence-corrected chi connectivity index (χ2v) is 7.10. The number of rotatable bonds is 8. The molecule has 5 N–H and O–H groups in total. The highest BCUT2D eigenvalue weighted by molar-refractivity contribution is 5.84. The van der Waals surface area contributed by atoms with Gasteiger partial charge in [0.15, 0.2) is 6.29 Å². The second kappa shape index (κ2) is 9.72. The third kappa shape index (κ3) is 5.34. The Morgan fingerprint density at radius 2 is 2.00 bits per heavy atom. The van der Waals surface area contributed by atoms with E-state index >= 15 is 0 Å². The lowest BCUT2D eigenvalue weighted by Gasteiger charge is -2.40. The van der Waals surface area contributed by atoms with E-state index in [-0.39, 0.29) is 24.5 Å². The number of aliphatic carboxylic acids is 1. The molecule has 0 amide bonds. The Bertz CT molecular complexity index is 547. The van der Waals surface area contributed by atoms with E-state index in [1.165, 1.54) is 0 Å². The average Bonchev–Trinajstić information content (AvgIpc) is 2.95. The number of aliphatic hydroxyl groups is 4. The maximum absolute atomic E-state index is 12.2. The third-order valence-electron chi connectivity index (χ3n) is 5.23. The number of hydrogen-bond acceptors (Lipinski definition) is 8. The largest absolute Gasteiger partial charge is 0.481 e. The fraction of sp³-hybridized carbons (Fsp3) is 0.778. The zero-order valence-corrected chi connectivity index (χ0v) is 15.2. The van der Waals surface area contributed by atoms with Crippen molar-refractivity contribution < 1.29 is 44.6 Å². The molecule has 0 spiro atoms. The monoisotopic (exact) mass is 388 g/mol. The standard InChI is InChI=1S/C18H28O9/c1-2-3-10(7-11-9(6-14(21)22)4-5-12(11)20)26-18-17(25)16(24)15(23)13(8-19)27-18/h2-3,9-11,13,15-19,23-25H,4-8H2,1H3,(H,21,22)/b3-2+/t9?,10?,11?,13-,15-,16+,17-,18-/m1/s1. The topological polar surface area (TPSA) is 154 Å². The van der Waals surface area contributed by atoms with Crippen molar-refractivity contribution in [1.82, 2.24) is 0 Å². The van der Waals surface area contributed by atoms with Gasteiger partial charge in [-0.15, -0.1) is 0 Å². The minimum Gasteiger partial charge on any atom is -0.481 e. The molecule has 1 saturated heterocycles. The smallest absolute Gasteiger partial charge is 0.303 e. The van der Waals surface area contributed by atoms with Crippen LogP contribution in [0.1, 0.15) is 32.6 Å². The molecule has 9 nitrogen and oxygen atoms in total. The summed E-state index contributed by atoms with van der Waals surface area (Å²) in [5.74, 6) is -1.74. The summed E-state index contributed by atoms with van der Waals surface area (Å²) in [4.78, 5) is 23.2. The number of aliphatic hydroxyl groups excluding tert-OH is 4. The fourth-order valence-corrected chi connectivity index (χ4v) is 3.77. The minimum atomic E-state index is -1.56. The highest BCUT2D eigenvalue weighted by Gasteiger charge is 2.45. The Labute approximate surface area is 157 Å². The van der Waals surface area contributed by atoms with E-state index in [0.29, 0.717) is 12.8 Å². The highest BCUT2D eigenvalue weighted by Crippen LogP contribution is 2.36. The summed E-state index contributed by atoms with van der Waals surface area (Å²) in [6, 6.07) is 0. The van der Waals surface area contributed by atoms with Gasteiger partial charge in [0.1, 0.15) is 30.2 Å². The molecule has 0 radical (unpaired) electrons. The van der Waals surface area contributed by atoms with Crippen molar-refractivity contribution in [2.24, 2.45) is 11.8 Å². The molecule has 1 aliphatic carbocycles. The summed E-state index contributed by atoms with van der Waals surface area (Å²) < 4.78 is 11.1. The molecule has 2 fully saturated rings. The van der Waals surface area contributed by atoms with Gasteiger partial charge in [0.2, 0.25) is 0 Å². The van der Waals surface area contributed by atoms with Gasteiger partial charge < -0.3 is 35.0 Å². The van der Waals surface area contributed by atoms with Crippen LogP contribution >= 0.6 is 0 Å². The van der Waals surface area contributed by atoms with E-state index in [2.05, 4.69) is 0 Å². The van der Waals surface area contributed by atoms with Crippen LogP contribution in [0, 0.1) is 11.8 Å². The van der Waals surface area contributed by atoms with Crippen LogP contribution in [-0.2, 0) is 19.1 Å². The second-order valence-electron chi connectivity index (χ2n) is 7.10. The molecule has 2 aliphatic rings. The van der Waals surface area contributed by atoms with Gasteiger partial charge in [-0.2, -0.15) is 0 Å². The first-order valence-corrected chi connectivity index (χ1v) is 9.11. The summed E-state index contributed by atoms with van der Waals surface area (Å²) in [6.45, 7) is 1.18. The summed E-state index contributed by atoms with van der Waals surface area (Å²) in [5, 5.41) is 48.1. The Balaban J connectivity index is 2.08. The number of allylic oxidation sites excluding steroid dienone is 1. The number of ketones is 1. The van der Waals surface area contributed by atoms with Crippen molar-refractivity contribution in [2.45, 2.75) is 69.4 Å². The van der Waals surface area contributed by atoms with Crippen LogP contribution in [0.25, 0.3) is 0 Å². The maximum Gasteiger partial charge on any atom is 0.303 e. The number of carboxylic acid groups (broad SMARTS) is 1. The molecular formula is C18H28O9. The Kier molecular flexibility index (Phi) is 7.90. The molecule has 3 unspecified atom stereocenters. The van der Waals surface area contributed by atoms with Crippen molar-refractivity contribution in [2.75, 3.05) is 6.61 Å². The normalized spacial score (nSPS) is 38.4. The molecule has 0 aromatic carbocycles. The van der Waals surface area contributed by atoms with Crippen molar-refractivity contribution in [1.29, 1.82) is 0 Å². The lowest BCUT2D eigenvalue weighted by molar-refractivity contribution is -0.308. The molecule has 27 heavy (non-hydrogen) atoms. The van der Waals surface area contributed by atoms with Crippen molar-refractivity contribution in [3.8, 4) is 0 Å². The van der Waals surface area contributed by atoms with Gasteiger partial charge in [-0.1, -0.05) is 12.2 Å². The molecule has 154 valence electrons. The molecule has 1 aliphatic heterocycles. The summed E-state index contributed by atoms with van der Waals surface area (Å²) in [5.41, 5.74) is 0. The zero-order chi connectivity index (χ0) is 20.1. The minimum absolute atomic E-state index is 0.0202. The Hall–Kier alpha value is -1.36. The van der Waals surface area contributed by atoms with E-state index in [0.717, 1.165) is 0 Å². The van der Waals surface area contributed by atoms with Crippen LogP contribution in [0.5, 0.6) is 0 Å². The molecule has 0 aromatic rings. The average molecular weight is 388 g/mol. The van der Waals surface area contributed by atoms with Gasteiger partial charge in [-0.05, 0) is 25.7 Å². The lowest BCUT2D eigenvalue weighted by Crippen LogP contribution is -2.59. The Morgan fingerprint density at radius 3 is 2.59 bits per heavy atom. The summed E-state index contributed by atoms with van der Waals surface area (Å²) in [6.07, 6.45) is -3.33. The first-order valence-electron chi connectivity index (χ1n) is 9.11. The van der Waals surface area contributed by atoms with Crippen LogP contribution in [-0.4, -0.2) is 80.7 Å². The number of carboxylic acids is 1. The zero-order valence-electron chi connectivity index (χ0n) is 15.2. The van der Waals surface area contributed by atoms with Gasteiger partial charge in [-0.3, -0.25) is 9.59 Å². The van der Waals surface area contributed by atoms with Crippen molar-refractivity contribution >= 4 is 11.8 Å². The van der Waals surface area contributed by atoms with E-state index in [1.807, 2.05) is 0 Å². The predicted molar refractivity (Wildman–Crippen MR) is 91.5 cm³/mol. The molecule has 2 rings (SSSR count). The first-order chi connectivity index (χ1) is 12.8. The first kappa shape index (κ1) is 21.9. The maximum atomic E-state index is 12.2. The SMILES string of the molecule is C/C=C/C(CC1C(=O)CCC1CC(=O)O)O[C@@H]1O[C@H](CO)[C@@H](O)[C@H](O)[C@H]1O. The number of ether oxygens (including phenoxy) is 2. The van der Waals surface area contributed by atoms with E-state index < -0.39 is 55.3 Å². The fourth-order valence-electron chi connectivity index (χ4n) is 3.77. The summed E-state index contributed by atoms with van der Waals surface area (Å²) in [7, 11) is 0. The van der Waals surface area contributed by atoms with Crippen molar-refractivity contribution in [3.63, 3.8) is 0 Å². The number of carbonyl (C=O) groups is 2. The molecule has 9 heteroatoms. The molecular weight excluding hydrogens is 360 g/mol. The molecule has 1 saturated carbocycles. The van der Waals surface area contributed by atoms with Crippen LogP contribution < -0.4 is 0 Å². The van der Waals surface area contributed by atoms with Gasteiger partial charge in [0, 0.05) is 18.8 Å². The predicted octanol–water partition coefficient (Wildman–Crippen LogP) is -0.792. The number of carbonyl (C=O) groups excluding carboxylic acids is 1. The van der Waals surface area contributed by atoms with E-state index in [9.17, 15) is 30.0 Å². The molecule has 0 bridgehead atoms. The van der Waals surface area contributed by atoms with Crippen molar-refractivity contribution in [3.05, 3.63) is 12.2 Å². The van der Waals surface area contributed by atoms with E-state index in [4.69, 9.17) is 14.6 Å². The van der Waals surface area contributed by atoms with Crippen LogP contribution in [0.15, 0.2) is 12.2 Å². The quantitative estimate of drug-likeness (QED) is 0.336. The van der Waals surface area contributed by atoms with E-state index in [1.54, 1.807) is 19.1 Å². The molecule has 8 atom stereocenters. The van der Waals surface area contributed by atoms with Gasteiger partial charge >= 0.3 is 5.97 Å². The third-order valence-corrected chi connectivity index (χ3v) is 5.23. The molecule has 1 heterocycles. The Morgan fingerprint density at radius 1 is 1.30 bits per heavy atom. The summed E-state index contributed by atoms with van der Waals surface area (Å²) >= 11 is 0. The lowest BCUT2D eigenvalue weighted by atomic mass is 9.87. The van der Waals surface area contributed by atoms with Gasteiger partial charge in [0.25, 0.3) is 0 Å². The van der Waals surface area contributed by atoms with Gasteiger partial charge in [0.05, 0.1) is 12.7 Å². The number of Topliss-reactive ketones (excluding diaryl/α,β-unsaturated/α-hetero) is 1. The highest BCUT2D eigenvalue weighted by atomic mass is 16.7. The van der Waals surface area contributed by atoms with Crippen LogP contribution in [0.3, 0.4) is 0 Å². The number of hydrogen-bond donors (Lipinski definition) is 5. The van der Waals surface area contributed by atoms with Crippen LogP contribution in [0.4, 0.5) is 0 Å².